The SMILES string of the molecule is CC1(c2ccc(Br)s2)CC1CNC1CC1. The number of hydrogen-bond acceptors (Lipinski definition) is 2. The highest BCUT2D eigenvalue weighted by Gasteiger charge is 2.51. The van der Waals surface area contributed by atoms with E-state index >= 15 is 0 Å². The molecule has 0 saturated heterocycles. The van der Waals surface area contributed by atoms with E-state index in [4.69, 9.17) is 0 Å². The lowest BCUT2D eigenvalue weighted by molar-refractivity contribution is 0.580. The van der Waals surface area contributed by atoms with Crippen molar-refractivity contribution < 1.29 is 0 Å². The van der Waals surface area contributed by atoms with Crippen molar-refractivity contribution in [3.8, 4) is 0 Å². The highest BCUT2D eigenvalue weighted by molar-refractivity contribution is 9.11. The molecule has 3 heteroatoms. The first-order valence-corrected chi connectivity index (χ1v) is 7.28. The van der Waals surface area contributed by atoms with Crippen molar-refractivity contribution in [1.82, 2.24) is 5.32 Å². The quantitative estimate of drug-likeness (QED) is 0.892. The van der Waals surface area contributed by atoms with E-state index in [2.05, 4.69) is 40.3 Å². The van der Waals surface area contributed by atoms with E-state index in [0.29, 0.717) is 5.41 Å². The molecule has 0 amide bonds. The van der Waals surface area contributed by atoms with E-state index in [-0.39, 0.29) is 0 Å². The summed E-state index contributed by atoms with van der Waals surface area (Å²) < 4.78 is 1.26. The van der Waals surface area contributed by atoms with Crippen molar-refractivity contribution >= 4 is 27.3 Å². The lowest BCUT2D eigenvalue weighted by atomic mass is 10.0. The number of hydrogen-bond donors (Lipinski definition) is 1. The topological polar surface area (TPSA) is 12.0 Å². The number of rotatable bonds is 4. The van der Waals surface area contributed by atoms with E-state index in [9.17, 15) is 0 Å². The molecule has 1 aromatic heterocycles. The number of thiophene rings is 1. The van der Waals surface area contributed by atoms with Gasteiger partial charge in [-0.15, -0.1) is 11.3 Å². The van der Waals surface area contributed by atoms with Gasteiger partial charge in [-0.1, -0.05) is 6.92 Å². The highest BCUT2D eigenvalue weighted by atomic mass is 79.9. The van der Waals surface area contributed by atoms with E-state index in [0.717, 1.165) is 12.0 Å². The first kappa shape index (κ1) is 10.3. The molecule has 0 spiro atoms. The van der Waals surface area contributed by atoms with Gasteiger partial charge in [0.1, 0.15) is 0 Å². The monoisotopic (exact) mass is 285 g/mol. The Morgan fingerprint density at radius 3 is 2.93 bits per heavy atom. The smallest absolute Gasteiger partial charge is 0.0701 e. The van der Waals surface area contributed by atoms with Gasteiger partial charge in [0.05, 0.1) is 3.79 Å². The van der Waals surface area contributed by atoms with Gasteiger partial charge in [0.15, 0.2) is 0 Å². The fraction of sp³-hybridized carbons (Fsp3) is 0.667. The normalized spacial score (nSPS) is 34.4. The Morgan fingerprint density at radius 1 is 1.53 bits per heavy atom. The van der Waals surface area contributed by atoms with Crippen LogP contribution in [0, 0.1) is 5.92 Å². The van der Waals surface area contributed by atoms with E-state index < -0.39 is 0 Å². The second-order valence-electron chi connectivity index (χ2n) is 5.10. The Morgan fingerprint density at radius 2 is 2.33 bits per heavy atom. The lowest BCUT2D eigenvalue weighted by Gasteiger charge is -2.09. The average molecular weight is 286 g/mol. The summed E-state index contributed by atoms with van der Waals surface area (Å²) in [6.45, 7) is 3.63. The second-order valence-corrected chi connectivity index (χ2v) is 7.57. The average Bonchev–Trinajstić information content (AvgIpc) is 3.07. The molecule has 0 radical (unpaired) electrons. The third kappa shape index (κ3) is 2.02. The van der Waals surface area contributed by atoms with Gasteiger partial charge in [-0.05, 0) is 59.8 Å². The molecule has 2 fully saturated rings. The van der Waals surface area contributed by atoms with Gasteiger partial charge in [0.2, 0.25) is 0 Å². The molecule has 2 saturated carbocycles. The summed E-state index contributed by atoms with van der Waals surface area (Å²) in [5, 5.41) is 3.64. The minimum Gasteiger partial charge on any atom is -0.314 e. The van der Waals surface area contributed by atoms with Gasteiger partial charge in [-0.3, -0.25) is 0 Å². The van der Waals surface area contributed by atoms with Crippen molar-refractivity contribution in [3.05, 3.63) is 20.8 Å². The van der Waals surface area contributed by atoms with E-state index in [1.807, 2.05) is 11.3 Å². The van der Waals surface area contributed by atoms with Gasteiger partial charge in [-0.25, -0.2) is 0 Å². The zero-order valence-electron chi connectivity index (χ0n) is 8.92. The molecule has 1 heterocycles. The lowest BCUT2D eigenvalue weighted by Crippen LogP contribution is -2.21. The first-order valence-electron chi connectivity index (χ1n) is 5.68. The molecule has 1 N–H and O–H groups in total. The summed E-state index contributed by atoms with van der Waals surface area (Å²) >= 11 is 5.45. The zero-order valence-corrected chi connectivity index (χ0v) is 11.3. The predicted octanol–water partition coefficient (Wildman–Crippen LogP) is 3.54. The fourth-order valence-corrected chi connectivity index (χ4v) is 3.89. The predicted molar refractivity (Wildman–Crippen MR) is 68.5 cm³/mol. The third-order valence-corrected chi connectivity index (χ3v) is 5.68. The van der Waals surface area contributed by atoms with Gasteiger partial charge in [0, 0.05) is 16.3 Å². The standard InChI is InChI=1S/C12H16BrNS/c1-12(10-4-5-11(13)15-10)6-8(12)7-14-9-2-3-9/h4-5,8-9,14H,2-3,6-7H2,1H3. The second kappa shape index (κ2) is 3.57. The molecule has 2 atom stereocenters. The molecule has 0 aromatic carbocycles. The maximum Gasteiger partial charge on any atom is 0.0701 e. The summed E-state index contributed by atoms with van der Waals surface area (Å²) in [7, 11) is 0. The summed E-state index contributed by atoms with van der Waals surface area (Å²) in [5.74, 6) is 0.864. The van der Waals surface area contributed by atoms with Gasteiger partial charge >= 0.3 is 0 Å². The molecule has 2 aliphatic carbocycles. The molecular weight excluding hydrogens is 270 g/mol. The van der Waals surface area contributed by atoms with Crippen LogP contribution in [0.4, 0.5) is 0 Å². The maximum absolute atomic E-state index is 3.64. The molecular formula is C12H16BrNS. The summed E-state index contributed by atoms with van der Waals surface area (Å²) in [5.41, 5.74) is 0.471. The van der Waals surface area contributed by atoms with Gasteiger partial charge in [-0.2, -0.15) is 0 Å². The Balaban J connectivity index is 1.61. The van der Waals surface area contributed by atoms with Crippen LogP contribution in [-0.2, 0) is 5.41 Å². The Kier molecular flexibility index (Phi) is 2.45. The van der Waals surface area contributed by atoms with E-state index in [1.165, 1.54) is 29.6 Å². The van der Waals surface area contributed by atoms with Crippen molar-refractivity contribution in [2.45, 2.75) is 37.6 Å². The molecule has 82 valence electrons. The van der Waals surface area contributed by atoms with Gasteiger partial charge in [0.25, 0.3) is 0 Å². The molecule has 0 aliphatic heterocycles. The van der Waals surface area contributed by atoms with Crippen LogP contribution in [0.25, 0.3) is 0 Å². The van der Waals surface area contributed by atoms with Crippen LogP contribution >= 0.6 is 27.3 Å². The van der Waals surface area contributed by atoms with Crippen LogP contribution in [0.15, 0.2) is 15.9 Å². The summed E-state index contributed by atoms with van der Waals surface area (Å²) in [4.78, 5) is 1.55. The van der Waals surface area contributed by atoms with E-state index in [1.54, 1.807) is 4.88 Å². The molecule has 1 aromatic rings. The maximum atomic E-state index is 3.64. The van der Waals surface area contributed by atoms with Gasteiger partial charge < -0.3 is 5.32 Å². The molecule has 2 unspecified atom stereocenters. The van der Waals surface area contributed by atoms with Crippen molar-refractivity contribution in [2.24, 2.45) is 5.92 Å². The van der Waals surface area contributed by atoms with Crippen molar-refractivity contribution in [3.63, 3.8) is 0 Å². The molecule has 2 aliphatic rings. The van der Waals surface area contributed by atoms with Crippen LogP contribution in [-0.4, -0.2) is 12.6 Å². The molecule has 15 heavy (non-hydrogen) atoms. The fourth-order valence-electron chi connectivity index (χ4n) is 2.27. The molecule has 0 bridgehead atoms. The Bertz CT molecular complexity index is 371. The van der Waals surface area contributed by atoms with Crippen LogP contribution < -0.4 is 5.32 Å². The molecule has 1 nitrogen and oxygen atoms in total. The number of halogens is 1. The number of nitrogens with one attached hydrogen (secondary N) is 1. The first-order chi connectivity index (χ1) is 7.18. The largest absolute Gasteiger partial charge is 0.314 e. The van der Waals surface area contributed by atoms with Crippen LogP contribution in [0.5, 0.6) is 0 Å². The molecule has 3 rings (SSSR count). The van der Waals surface area contributed by atoms with Crippen LogP contribution in [0.2, 0.25) is 0 Å². The highest BCUT2D eigenvalue weighted by Crippen LogP contribution is 2.55. The minimum atomic E-state index is 0.471. The summed E-state index contributed by atoms with van der Waals surface area (Å²) in [6, 6.07) is 5.31. The minimum absolute atomic E-state index is 0.471. The van der Waals surface area contributed by atoms with Crippen LogP contribution in [0.3, 0.4) is 0 Å². The Hall–Kier alpha value is 0.140. The Labute approximate surface area is 103 Å². The summed E-state index contributed by atoms with van der Waals surface area (Å²) in [6.07, 6.45) is 4.15. The van der Waals surface area contributed by atoms with Crippen molar-refractivity contribution in [1.29, 1.82) is 0 Å². The zero-order chi connectivity index (χ0) is 10.5. The third-order valence-electron chi connectivity index (χ3n) is 3.78. The van der Waals surface area contributed by atoms with Crippen LogP contribution in [0.1, 0.15) is 31.1 Å². The van der Waals surface area contributed by atoms with Crippen molar-refractivity contribution in [2.75, 3.05) is 6.54 Å².